The van der Waals surface area contributed by atoms with Crippen LogP contribution in [0.15, 0.2) is 30.6 Å². The van der Waals surface area contributed by atoms with Crippen molar-refractivity contribution >= 4 is 22.6 Å². The molecule has 110 valence electrons. The van der Waals surface area contributed by atoms with E-state index in [2.05, 4.69) is 34.0 Å². The fraction of sp³-hybridized carbons (Fsp3) is 0.438. The van der Waals surface area contributed by atoms with Crippen molar-refractivity contribution in [2.24, 2.45) is 0 Å². The van der Waals surface area contributed by atoms with Gasteiger partial charge in [0.1, 0.15) is 5.52 Å². The molecule has 0 bridgehead atoms. The van der Waals surface area contributed by atoms with Gasteiger partial charge in [0.2, 0.25) is 5.91 Å². The lowest BCUT2D eigenvalue weighted by Gasteiger charge is -2.51. The standard InChI is InChI=1S/C16H20N4O/c1-11(2)20-10-7-16(20,3)15(21)19-14-13-12(6-9-18-14)5-4-8-17-13/h4-6,8-9,11H,7,10H2,1-3H3,(H,18,19,21). The third-order valence-corrected chi connectivity index (χ3v) is 4.34. The number of amides is 1. The number of pyridine rings is 2. The van der Waals surface area contributed by atoms with Crippen LogP contribution in [0.4, 0.5) is 5.82 Å². The van der Waals surface area contributed by atoms with E-state index in [0.29, 0.717) is 11.9 Å². The molecule has 2 aromatic heterocycles. The molecule has 0 saturated carbocycles. The summed E-state index contributed by atoms with van der Waals surface area (Å²) in [5.74, 6) is 0.531. The Bertz CT molecular complexity index is 680. The molecular weight excluding hydrogens is 264 g/mol. The van der Waals surface area contributed by atoms with E-state index in [0.717, 1.165) is 23.9 Å². The minimum atomic E-state index is -0.452. The van der Waals surface area contributed by atoms with Gasteiger partial charge < -0.3 is 5.32 Å². The van der Waals surface area contributed by atoms with Gasteiger partial charge in [-0.1, -0.05) is 6.07 Å². The Balaban J connectivity index is 1.87. The Labute approximate surface area is 124 Å². The molecule has 1 saturated heterocycles. The van der Waals surface area contributed by atoms with Gasteiger partial charge in [0.25, 0.3) is 0 Å². The number of fused-ring (bicyclic) bond motifs is 1. The predicted octanol–water partition coefficient (Wildman–Crippen LogP) is 2.44. The lowest BCUT2D eigenvalue weighted by Crippen LogP contribution is -2.66. The van der Waals surface area contributed by atoms with Crippen LogP contribution >= 0.6 is 0 Å². The zero-order valence-electron chi connectivity index (χ0n) is 12.6. The lowest BCUT2D eigenvalue weighted by atomic mass is 9.84. The van der Waals surface area contributed by atoms with Crippen LogP contribution in [0.25, 0.3) is 10.9 Å². The molecule has 2 aromatic rings. The fourth-order valence-corrected chi connectivity index (χ4v) is 2.99. The fourth-order valence-electron chi connectivity index (χ4n) is 2.99. The van der Waals surface area contributed by atoms with E-state index in [4.69, 9.17) is 0 Å². The smallest absolute Gasteiger partial charge is 0.245 e. The van der Waals surface area contributed by atoms with Crippen molar-refractivity contribution in [3.05, 3.63) is 30.6 Å². The number of anilines is 1. The topological polar surface area (TPSA) is 58.1 Å². The quantitative estimate of drug-likeness (QED) is 0.940. The van der Waals surface area contributed by atoms with E-state index in [1.807, 2.05) is 25.1 Å². The summed E-state index contributed by atoms with van der Waals surface area (Å²) in [5, 5.41) is 3.93. The highest BCUT2D eigenvalue weighted by molar-refractivity contribution is 6.03. The van der Waals surface area contributed by atoms with Crippen molar-refractivity contribution in [1.29, 1.82) is 0 Å². The molecule has 0 aliphatic carbocycles. The van der Waals surface area contributed by atoms with Gasteiger partial charge in [0.15, 0.2) is 5.82 Å². The number of nitrogens with one attached hydrogen (secondary N) is 1. The van der Waals surface area contributed by atoms with Gasteiger partial charge in [-0.3, -0.25) is 14.7 Å². The summed E-state index contributed by atoms with van der Waals surface area (Å²) < 4.78 is 0. The zero-order valence-corrected chi connectivity index (χ0v) is 12.6. The summed E-state index contributed by atoms with van der Waals surface area (Å²) >= 11 is 0. The largest absolute Gasteiger partial charge is 0.307 e. The summed E-state index contributed by atoms with van der Waals surface area (Å²) in [6.45, 7) is 7.18. The number of carbonyl (C=O) groups is 1. The monoisotopic (exact) mass is 284 g/mol. The third-order valence-electron chi connectivity index (χ3n) is 4.34. The first-order valence-corrected chi connectivity index (χ1v) is 7.30. The van der Waals surface area contributed by atoms with Crippen LogP contribution in [-0.2, 0) is 4.79 Å². The van der Waals surface area contributed by atoms with E-state index < -0.39 is 5.54 Å². The van der Waals surface area contributed by atoms with Crippen LogP contribution in [0.1, 0.15) is 27.2 Å². The Morgan fingerprint density at radius 1 is 1.33 bits per heavy atom. The highest BCUT2D eigenvalue weighted by atomic mass is 16.2. The molecule has 0 spiro atoms. The number of hydrogen-bond donors (Lipinski definition) is 1. The van der Waals surface area contributed by atoms with E-state index in [1.165, 1.54) is 0 Å². The molecule has 1 aliphatic rings. The molecule has 1 unspecified atom stereocenters. The molecule has 1 fully saturated rings. The Hall–Kier alpha value is -2.01. The SMILES string of the molecule is CC(C)N1CCC1(C)C(=O)Nc1nccc2cccnc12. The van der Waals surface area contributed by atoms with E-state index in [1.54, 1.807) is 12.4 Å². The molecule has 1 atom stereocenters. The first kappa shape index (κ1) is 13.9. The summed E-state index contributed by atoms with van der Waals surface area (Å²) in [4.78, 5) is 23.5. The second kappa shape index (κ2) is 5.07. The van der Waals surface area contributed by atoms with Crippen molar-refractivity contribution < 1.29 is 4.79 Å². The van der Waals surface area contributed by atoms with E-state index >= 15 is 0 Å². The van der Waals surface area contributed by atoms with Crippen LogP contribution in [-0.4, -0.2) is 38.9 Å². The van der Waals surface area contributed by atoms with Crippen molar-refractivity contribution in [3.63, 3.8) is 0 Å². The molecule has 3 heterocycles. The summed E-state index contributed by atoms with van der Waals surface area (Å²) in [7, 11) is 0. The van der Waals surface area contributed by atoms with Gasteiger partial charge >= 0.3 is 0 Å². The van der Waals surface area contributed by atoms with Gasteiger partial charge in [-0.05, 0) is 39.3 Å². The van der Waals surface area contributed by atoms with Crippen LogP contribution in [0.5, 0.6) is 0 Å². The molecule has 21 heavy (non-hydrogen) atoms. The highest BCUT2D eigenvalue weighted by Crippen LogP contribution is 2.33. The summed E-state index contributed by atoms with van der Waals surface area (Å²) in [6.07, 6.45) is 4.28. The second-order valence-corrected chi connectivity index (χ2v) is 6.00. The normalized spacial score (nSPS) is 22.3. The molecule has 0 radical (unpaired) electrons. The number of likely N-dealkylation sites (tertiary alicyclic amines) is 1. The molecule has 5 nitrogen and oxygen atoms in total. The maximum atomic E-state index is 12.7. The molecule has 1 amide bonds. The maximum Gasteiger partial charge on any atom is 0.245 e. The van der Waals surface area contributed by atoms with Crippen molar-refractivity contribution in [2.45, 2.75) is 38.8 Å². The van der Waals surface area contributed by atoms with Crippen LogP contribution < -0.4 is 5.32 Å². The van der Waals surface area contributed by atoms with Crippen molar-refractivity contribution in [3.8, 4) is 0 Å². The van der Waals surface area contributed by atoms with Crippen LogP contribution in [0.3, 0.4) is 0 Å². The number of hydrogen-bond acceptors (Lipinski definition) is 4. The second-order valence-electron chi connectivity index (χ2n) is 6.00. The molecule has 3 rings (SSSR count). The lowest BCUT2D eigenvalue weighted by molar-refractivity contribution is -0.138. The first-order chi connectivity index (χ1) is 10.0. The first-order valence-electron chi connectivity index (χ1n) is 7.30. The Morgan fingerprint density at radius 3 is 2.81 bits per heavy atom. The molecule has 1 aliphatic heterocycles. The van der Waals surface area contributed by atoms with E-state index in [-0.39, 0.29) is 5.91 Å². The Kier molecular flexibility index (Phi) is 3.37. The van der Waals surface area contributed by atoms with E-state index in [9.17, 15) is 4.79 Å². The minimum Gasteiger partial charge on any atom is -0.307 e. The zero-order chi connectivity index (χ0) is 15.0. The predicted molar refractivity (Wildman–Crippen MR) is 83.0 cm³/mol. The maximum absolute atomic E-state index is 12.7. The average Bonchev–Trinajstić information content (AvgIpc) is 2.45. The van der Waals surface area contributed by atoms with Crippen molar-refractivity contribution in [1.82, 2.24) is 14.9 Å². The number of rotatable bonds is 3. The van der Waals surface area contributed by atoms with Gasteiger partial charge in [-0.2, -0.15) is 0 Å². The Morgan fingerprint density at radius 2 is 2.14 bits per heavy atom. The van der Waals surface area contributed by atoms with Crippen LogP contribution in [0, 0.1) is 0 Å². The molecule has 0 aromatic carbocycles. The van der Waals surface area contributed by atoms with Crippen LogP contribution in [0.2, 0.25) is 0 Å². The highest BCUT2D eigenvalue weighted by Gasteiger charge is 2.48. The van der Waals surface area contributed by atoms with Gasteiger partial charge in [0.05, 0.1) is 5.54 Å². The molecule has 5 heteroatoms. The van der Waals surface area contributed by atoms with Gasteiger partial charge in [-0.25, -0.2) is 4.98 Å². The van der Waals surface area contributed by atoms with Gasteiger partial charge in [0, 0.05) is 30.4 Å². The minimum absolute atomic E-state index is 0.00639. The average molecular weight is 284 g/mol. The third kappa shape index (κ3) is 2.27. The number of carbonyl (C=O) groups excluding carboxylic acids is 1. The molecular formula is C16H20N4O. The summed E-state index contributed by atoms with van der Waals surface area (Å²) in [5.41, 5.74) is 0.277. The number of nitrogens with zero attached hydrogens (tertiary/aromatic N) is 3. The summed E-state index contributed by atoms with van der Waals surface area (Å²) in [6, 6.07) is 6.09. The van der Waals surface area contributed by atoms with Crippen molar-refractivity contribution in [2.75, 3.05) is 11.9 Å². The van der Waals surface area contributed by atoms with Gasteiger partial charge in [-0.15, -0.1) is 0 Å². The number of aromatic nitrogens is 2. The molecule has 1 N–H and O–H groups in total.